The van der Waals surface area contributed by atoms with Crippen LogP contribution in [0.4, 0.5) is 4.79 Å². The van der Waals surface area contributed by atoms with Gasteiger partial charge >= 0.3 is 12.0 Å². The average Bonchev–Trinajstić information content (AvgIpc) is 2.72. The Kier molecular flexibility index (Phi) is 5.25. The van der Waals surface area contributed by atoms with Crippen molar-refractivity contribution in [2.45, 2.75) is 56.2 Å². The summed E-state index contributed by atoms with van der Waals surface area (Å²) in [5.41, 5.74) is -0.717. The summed E-state index contributed by atoms with van der Waals surface area (Å²) in [6, 6.07) is -0.519. The van der Waals surface area contributed by atoms with Crippen LogP contribution < -0.4 is 10.6 Å². The van der Waals surface area contributed by atoms with Crippen molar-refractivity contribution in [1.82, 2.24) is 10.6 Å². The summed E-state index contributed by atoms with van der Waals surface area (Å²) < 4.78 is 22.1. The Morgan fingerprint density at radius 3 is 2.19 bits per heavy atom. The molecule has 1 rings (SSSR count). The van der Waals surface area contributed by atoms with E-state index in [0.717, 1.165) is 19.1 Å². The smallest absolute Gasteiger partial charge is 0.315 e. The molecule has 0 spiro atoms. The van der Waals surface area contributed by atoms with Crippen molar-refractivity contribution < 1.29 is 23.1 Å². The Hall–Kier alpha value is -1.31. The van der Waals surface area contributed by atoms with E-state index in [0.29, 0.717) is 12.8 Å². The summed E-state index contributed by atoms with van der Waals surface area (Å²) in [6.45, 7) is 3.04. The van der Waals surface area contributed by atoms with Gasteiger partial charge in [-0.3, -0.25) is 4.79 Å². The van der Waals surface area contributed by atoms with Gasteiger partial charge < -0.3 is 15.7 Å². The first-order valence-corrected chi connectivity index (χ1v) is 8.84. The number of carboxylic acid groups (broad SMARTS) is 1. The molecular weight excluding hydrogens is 296 g/mol. The number of hydrogen-bond acceptors (Lipinski definition) is 4. The SMILES string of the molecule is CC(C)(CNC(=O)NC1(CC(=O)O)CCCC1)S(C)(=O)=O. The average molecular weight is 320 g/mol. The number of carbonyl (C=O) groups excluding carboxylic acids is 1. The molecule has 0 unspecified atom stereocenters. The maximum Gasteiger partial charge on any atom is 0.315 e. The maximum atomic E-state index is 11.9. The number of hydrogen-bond donors (Lipinski definition) is 3. The summed E-state index contributed by atoms with van der Waals surface area (Å²) in [7, 11) is -3.30. The van der Waals surface area contributed by atoms with Crippen LogP contribution in [0.5, 0.6) is 0 Å². The van der Waals surface area contributed by atoms with E-state index in [4.69, 9.17) is 5.11 Å². The summed E-state index contributed by atoms with van der Waals surface area (Å²) in [4.78, 5) is 22.9. The number of rotatable bonds is 6. The molecule has 1 saturated carbocycles. The molecule has 0 aromatic carbocycles. The van der Waals surface area contributed by atoms with Gasteiger partial charge in [0.25, 0.3) is 0 Å². The van der Waals surface area contributed by atoms with Crippen LogP contribution >= 0.6 is 0 Å². The third-order valence-corrected chi connectivity index (χ3v) is 6.26. The lowest BCUT2D eigenvalue weighted by Crippen LogP contribution is -2.54. The second-order valence-corrected chi connectivity index (χ2v) is 9.05. The summed E-state index contributed by atoms with van der Waals surface area (Å²) in [6.07, 6.45) is 4.01. The van der Waals surface area contributed by atoms with Crippen LogP contribution in [0.2, 0.25) is 0 Å². The predicted molar refractivity (Wildman–Crippen MR) is 78.9 cm³/mol. The molecule has 0 aliphatic heterocycles. The van der Waals surface area contributed by atoms with Gasteiger partial charge in [-0.2, -0.15) is 0 Å². The van der Waals surface area contributed by atoms with Gasteiger partial charge in [0, 0.05) is 12.8 Å². The number of sulfone groups is 1. The Morgan fingerprint density at radius 1 is 1.24 bits per heavy atom. The zero-order valence-corrected chi connectivity index (χ0v) is 13.5. The minimum Gasteiger partial charge on any atom is -0.481 e. The molecule has 0 radical (unpaired) electrons. The maximum absolute atomic E-state index is 11.9. The van der Waals surface area contributed by atoms with Crippen molar-refractivity contribution in [3.8, 4) is 0 Å². The van der Waals surface area contributed by atoms with Gasteiger partial charge in [-0.1, -0.05) is 12.8 Å². The molecular formula is C13H24N2O5S. The lowest BCUT2D eigenvalue weighted by atomic mass is 9.93. The third-order valence-electron chi connectivity index (χ3n) is 4.11. The van der Waals surface area contributed by atoms with Gasteiger partial charge in [0.1, 0.15) is 0 Å². The van der Waals surface area contributed by atoms with Crippen LogP contribution in [0.25, 0.3) is 0 Å². The number of amides is 2. The number of urea groups is 1. The van der Waals surface area contributed by atoms with E-state index in [1.54, 1.807) is 0 Å². The first kappa shape index (κ1) is 17.7. The molecule has 122 valence electrons. The summed E-state index contributed by atoms with van der Waals surface area (Å²) >= 11 is 0. The van der Waals surface area contributed by atoms with Gasteiger partial charge in [-0.05, 0) is 26.7 Å². The van der Waals surface area contributed by atoms with Crippen LogP contribution in [0.3, 0.4) is 0 Å². The van der Waals surface area contributed by atoms with Crippen molar-refractivity contribution in [3.05, 3.63) is 0 Å². The molecule has 1 fully saturated rings. The van der Waals surface area contributed by atoms with E-state index in [9.17, 15) is 18.0 Å². The first-order valence-electron chi connectivity index (χ1n) is 6.95. The van der Waals surface area contributed by atoms with Crippen LogP contribution in [0, 0.1) is 0 Å². The molecule has 0 saturated heterocycles. The Labute approximate surface area is 125 Å². The van der Waals surface area contributed by atoms with Crippen LogP contribution in [0.1, 0.15) is 46.0 Å². The van der Waals surface area contributed by atoms with Crippen LogP contribution in [-0.2, 0) is 14.6 Å². The molecule has 1 aliphatic rings. The van der Waals surface area contributed by atoms with E-state index in [2.05, 4.69) is 10.6 Å². The first-order chi connectivity index (χ1) is 9.47. The molecule has 3 N–H and O–H groups in total. The Bertz CT molecular complexity index is 507. The highest BCUT2D eigenvalue weighted by molar-refractivity contribution is 7.92. The molecule has 0 aromatic rings. The lowest BCUT2D eigenvalue weighted by Gasteiger charge is -2.30. The largest absolute Gasteiger partial charge is 0.481 e. The van der Waals surface area contributed by atoms with E-state index in [1.165, 1.54) is 13.8 Å². The number of carboxylic acids is 1. The Morgan fingerprint density at radius 2 is 1.76 bits per heavy atom. The quantitative estimate of drug-likeness (QED) is 0.673. The highest BCUT2D eigenvalue weighted by Crippen LogP contribution is 2.32. The summed E-state index contributed by atoms with van der Waals surface area (Å²) in [5.74, 6) is -0.950. The fourth-order valence-electron chi connectivity index (χ4n) is 2.40. The fourth-order valence-corrected chi connectivity index (χ4v) is 2.73. The molecule has 8 heteroatoms. The molecule has 0 bridgehead atoms. The van der Waals surface area contributed by atoms with Gasteiger partial charge in [-0.25, -0.2) is 13.2 Å². The Balaban J connectivity index is 2.62. The predicted octanol–water partition coefficient (Wildman–Crippen LogP) is 0.896. The summed E-state index contributed by atoms with van der Waals surface area (Å²) in [5, 5.41) is 14.2. The molecule has 0 atom stereocenters. The van der Waals surface area contributed by atoms with E-state index in [-0.39, 0.29) is 13.0 Å². The zero-order valence-electron chi connectivity index (χ0n) is 12.7. The minimum atomic E-state index is -3.30. The number of nitrogens with one attached hydrogen (secondary N) is 2. The van der Waals surface area contributed by atoms with E-state index < -0.39 is 32.1 Å². The molecule has 0 heterocycles. The lowest BCUT2D eigenvalue weighted by molar-refractivity contribution is -0.138. The van der Waals surface area contributed by atoms with Crippen molar-refractivity contribution in [2.75, 3.05) is 12.8 Å². The minimum absolute atomic E-state index is 0.0270. The number of carbonyl (C=O) groups is 2. The molecule has 0 aromatic heterocycles. The highest BCUT2D eigenvalue weighted by Gasteiger charge is 2.38. The van der Waals surface area contributed by atoms with E-state index in [1.807, 2.05) is 0 Å². The third kappa shape index (κ3) is 4.87. The number of aliphatic carboxylic acids is 1. The second-order valence-electron chi connectivity index (χ2n) is 6.40. The second kappa shape index (κ2) is 6.21. The van der Waals surface area contributed by atoms with Crippen molar-refractivity contribution in [1.29, 1.82) is 0 Å². The molecule has 7 nitrogen and oxygen atoms in total. The molecule has 21 heavy (non-hydrogen) atoms. The van der Waals surface area contributed by atoms with Crippen molar-refractivity contribution in [2.24, 2.45) is 0 Å². The fraction of sp³-hybridized carbons (Fsp3) is 0.846. The standard InChI is InChI=1S/C13H24N2O5S/c1-12(2,21(3,19)20)9-14-11(18)15-13(8-10(16)17)6-4-5-7-13/h4-9H2,1-3H3,(H,16,17)(H2,14,15,18). The highest BCUT2D eigenvalue weighted by atomic mass is 32.2. The zero-order chi connectivity index (χ0) is 16.3. The molecule has 1 aliphatic carbocycles. The molecule has 2 amide bonds. The monoisotopic (exact) mass is 320 g/mol. The van der Waals surface area contributed by atoms with E-state index >= 15 is 0 Å². The van der Waals surface area contributed by atoms with Gasteiger partial charge in [0.2, 0.25) is 0 Å². The van der Waals surface area contributed by atoms with Crippen LogP contribution in [-0.4, -0.2) is 48.6 Å². The normalized spacial score (nSPS) is 18.2. The van der Waals surface area contributed by atoms with Gasteiger partial charge in [0.15, 0.2) is 9.84 Å². The topological polar surface area (TPSA) is 113 Å². The van der Waals surface area contributed by atoms with Crippen molar-refractivity contribution >= 4 is 21.8 Å². The van der Waals surface area contributed by atoms with Crippen LogP contribution in [0.15, 0.2) is 0 Å². The van der Waals surface area contributed by atoms with Gasteiger partial charge in [-0.15, -0.1) is 0 Å². The van der Waals surface area contributed by atoms with Gasteiger partial charge in [0.05, 0.1) is 16.7 Å². The van der Waals surface area contributed by atoms with Crippen molar-refractivity contribution in [3.63, 3.8) is 0 Å².